The molecule has 0 bridgehead atoms. The Morgan fingerprint density at radius 1 is 1.41 bits per heavy atom. The molecule has 0 spiro atoms. The van der Waals surface area contributed by atoms with Crippen LogP contribution in [0.25, 0.3) is 0 Å². The van der Waals surface area contributed by atoms with Crippen LogP contribution in [0.1, 0.15) is 22.3 Å². The fourth-order valence-corrected chi connectivity index (χ4v) is 1.29. The number of hydrogen-bond donors (Lipinski definition) is 1. The highest BCUT2D eigenvalue weighted by Gasteiger charge is 2.11. The summed E-state index contributed by atoms with van der Waals surface area (Å²) in [5.41, 5.74) is 0.777. The molecule has 92 valence electrons. The maximum Gasteiger partial charge on any atom is 0.307 e. The predicted molar refractivity (Wildman–Crippen MR) is 60.1 cm³/mol. The van der Waals surface area contributed by atoms with Crippen LogP contribution in [0.5, 0.6) is 0 Å². The number of amides is 1. The van der Waals surface area contributed by atoms with E-state index >= 15 is 0 Å². The Morgan fingerprint density at radius 2 is 2.12 bits per heavy atom. The quantitative estimate of drug-likeness (QED) is 0.808. The molecule has 0 saturated carbocycles. The lowest BCUT2D eigenvalue weighted by molar-refractivity contribution is -0.140. The lowest BCUT2D eigenvalue weighted by Crippen LogP contribution is -2.27. The minimum absolute atomic E-state index is 0.0186. The van der Waals surface area contributed by atoms with Crippen molar-refractivity contribution >= 4 is 11.9 Å². The van der Waals surface area contributed by atoms with Crippen molar-refractivity contribution in [1.82, 2.24) is 5.32 Å². The molecule has 4 nitrogen and oxygen atoms in total. The Morgan fingerprint density at radius 3 is 2.76 bits per heavy atom. The van der Waals surface area contributed by atoms with E-state index in [9.17, 15) is 14.0 Å². The summed E-state index contributed by atoms with van der Waals surface area (Å²) in [5.74, 6) is -1.53. The van der Waals surface area contributed by atoms with E-state index in [-0.39, 0.29) is 18.5 Å². The second kappa shape index (κ2) is 5.98. The number of carbonyl (C=O) groups is 2. The van der Waals surface area contributed by atoms with Crippen LogP contribution in [0.15, 0.2) is 18.2 Å². The highest BCUT2D eigenvalue weighted by Crippen LogP contribution is 2.09. The number of benzene rings is 1. The van der Waals surface area contributed by atoms with Gasteiger partial charge in [0, 0.05) is 6.54 Å². The highest BCUT2D eigenvalue weighted by molar-refractivity contribution is 5.94. The van der Waals surface area contributed by atoms with E-state index < -0.39 is 17.7 Å². The fourth-order valence-electron chi connectivity index (χ4n) is 1.29. The molecule has 0 fully saturated rings. The maximum atomic E-state index is 13.3. The van der Waals surface area contributed by atoms with Crippen molar-refractivity contribution in [2.45, 2.75) is 13.3 Å². The molecular weight excluding hydrogens is 225 g/mol. The molecule has 0 aliphatic rings. The summed E-state index contributed by atoms with van der Waals surface area (Å²) in [4.78, 5) is 22.4. The van der Waals surface area contributed by atoms with Gasteiger partial charge in [-0.3, -0.25) is 9.59 Å². The molecule has 1 rings (SSSR count). The molecule has 0 aromatic heterocycles. The van der Waals surface area contributed by atoms with Crippen LogP contribution in [0.3, 0.4) is 0 Å². The zero-order valence-electron chi connectivity index (χ0n) is 9.75. The largest absolute Gasteiger partial charge is 0.469 e. The number of methoxy groups -OCH3 is 1. The van der Waals surface area contributed by atoms with Crippen LogP contribution in [0.4, 0.5) is 4.39 Å². The lowest BCUT2D eigenvalue weighted by Gasteiger charge is -2.06. The molecule has 17 heavy (non-hydrogen) atoms. The summed E-state index contributed by atoms with van der Waals surface area (Å²) in [5, 5.41) is 2.45. The van der Waals surface area contributed by atoms with Gasteiger partial charge in [0.25, 0.3) is 5.91 Å². The van der Waals surface area contributed by atoms with Gasteiger partial charge in [0.2, 0.25) is 0 Å². The van der Waals surface area contributed by atoms with Crippen LogP contribution in [-0.4, -0.2) is 25.5 Å². The van der Waals surface area contributed by atoms with Crippen LogP contribution in [0, 0.1) is 12.7 Å². The molecule has 0 heterocycles. The molecule has 1 aromatic rings. The Bertz CT molecular complexity index is 432. The van der Waals surface area contributed by atoms with E-state index in [4.69, 9.17) is 0 Å². The van der Waals surface area contributed by atoms with Gasteiger partial charge in [0.15, 0.2) is 0 Å². The molecule has 5 heteroatoms. The molecule has 1 aromatic carbocycles. The van der Waals surface area contributed by atoms with Gasteiger partial charge in [0.05, 0.1) is 19.1 Å². The standard InChI is InChI=1S/C12H14FNO3/c1-8-3-4-10(13)9(7-8)12(16)14-6-5-11(15)17-2/h3-4,7H,5-6H2,1-2H3,(H,14,16). The summed E-state index contributed by atoms with van der Waals surface area (Å²) in [7, 11) is 1.27. The van der Waals surface area contributed by atoms with Gasteiger partial charge in [-0.25, -0.2) is 4.39 Å². The van der Waals surface area contributed by atoms with Crippen molar-refractivity contribution < 1.29 is 18.7 Å². The first-order valence-corrected chi connectivity index (χ1v) is 5.15. The van der Waals surface area contributed by atoms with Gasteiger partial charge in [-0.15, -0.1) is 0 Å². The molecule has 0 radical (unpaired) electrons. The number of nitrogens with one attached hydrogen (secondary N) is 1. The van der Waals surface area contributed by atoms with Gasteiger partial charge in [-0.05, 0) is 19.1 Å². The second-order valence-electron chi connectivity index (χ2n) is 3.57. The van der Waals surface area contributed by atoms with Crippen molar-refractivity contribution in [3.63, 3.8) is 0 Å². The third kappa shape index (κ3) is 3.86. The predicted octanol–water partition coefficient (Wildman–Crippen LogP) is 1.43. The molecule has 0 aliphatic heterocycles. The van der Waals surface area contributed by atoms with Gasteiger partial charge in [-0.1, -0.05) is 11.6 Å². The van der Waals surface area contributed by atoms with Gasteiger partial charge >= 0.3 is 5.97 Å². The third-order valence-electron chi connectivity index (χ3n) is 2.21. The Kier molecular flexibility index (Phi) is 4.63. The third-order valence-corrected chi connectivity index (χ3v) is 2.21. The number of rotatable bonds is 4. The number of aryl methyl sites for hydroxylation is 1. The first-order valence-electron chi connectivity index (χ1n) is 5.15. The van der Waals surface area contributed by atoms with Gasteiger partial charge in [0.1, 0.15) is 5.82 Å². The molecule has 0 atom stereocenters. The Hall–Kier alpha value is -1.91. The summed E-state index contributed by atoms with van der Waals surface area (Å²) in [6.07, 6.45) is 0.0652. The monoisotopic (exact) mass is 239 g/mol. The molecule has 1 amide bonds. The van der Waals surface area contributed by atoms with Gasteiger partial charge in [-0.2, -0.15) is 0 Å². The summed E-state index contributed by atoms with van der Waals surface area (Å²) >= 11 is 0. The minimum Gasteiger partial charge on any atom is -0.469 e. The molecule has 0 unspecified atom stereocenters. The van der Waals surface area contributed by atoms with E-state index in [2.05, 4.69) is 10.1 Å². The van der Waals surface area contributed by atoms with Crippen molar-refractivity contribution in [2.75, 3.05) is 13.7 Å². The first-order chi connectivity index (χ1) is 8.04. The van der Waals surface area contributed by atoms with Crippen molar-refractivity contribution in [3.05, 3.63) is 35.1 Å². The number of ether oxygens (including phenoxy) is 1. The first kappa shape index (κ1) is 13.2. The smallest absolute Gasteiger partial charge is 0.307 e. The number of carbonyl (C=O) groups excluding carboxylic acids is 2. The topological polar surface area (TPSA) is 55.4 Å². The molecule has 0 saturated heterocycles. The SMILES string of the molecule is COC(=O)CCNC(=O)c1cc(C)ccc1F. The molecule has 0 aliphatic carbocycles. The van der Waals surface area contributed by atoms with Crippen LogP contribution in [0.2, 0.25) is 0 Å². The molecule has 1 N–H and O–H groups in total. The fraction of sp³-hybridized carbons (Fsp3) is 0.333. The van der Waals surface area contributed by atoms with E-state index in [0.29, 0.717) is 0 Å². The normalized spacial score (nSPS) is 9.82. The summed E-state index contributed by atoms with van der Waals surface area (Å²) < 4.78 is 17.7. The van der Waals surface area contributed by atoms with Crippen molar-refractivity contribution in [1.29, 1.82) is 0 Å². The average Bonchev–Trinajstić information content (AvgIpc) is 2.31. The zero-order chi connectivity index (χ0) is 12.8. The van der Waals surface area contributed by atoms with E-state index in [1.807, 2.05) is 0 Å². The average molecular weight is 239 g/mol. The Labute approximate surface area is 98.8 Å². The maximum absolute atomic E-state index is 13.3. The van der Waals surface area contributed by atoms with Crippen molar-refractivity contribution in [3.8, 4) is 0 Å². The van der Waals surface area contributed by atoms with E-state index in [1.165, 1.54) is 19.2 Å². The van der Waals surface area contributed by atoms with Crippen LogP contribution >= 0.6 is 0 Å². The highest BCUT2D eigenvalue weighted by atomic mass is 19.1. The van der Waals surface area contributed by atoms with E-state index in [0.717, 1.165) is 5.56 Å². The van der Waals surface area contributed by atoms with Crippen LogP contribution in [-0.2, 0) is 9.53 Å². The number of hydrogen-bond acceptors (Lipinski definition) is 3. The van der Waals surface area contributed by atoms with Gasteiger partial charge < -0.3 is 10.1 Å². The lowest BCUT2D eigenvalue weighted by atomic mass is 10.1. The summed E-state index contributed by atoms with van der Waals surface area (Å²) in [6, 6.07) is 4.29. The second-order valence-corrected chi connectivity index (χ2v) is 3.57. The Balaban J connectivity index is 2.58. The molecular formula is C12H14FNO3. The van der Waals surface area contributed by atoms with E-state index in [1.54, 1.807) is 13.0 Å². The zero-order valence-corrected chi connectivity index (χ0v) is 9.75. The van der Waals surface area contributed by atoms with Crippen LogP contribution < -0.4 is 5.32 Å². The van der Waals surface area contributed by atoms with Crippen molar-refractivity contribution in [2.24, 2.45) is 0 Å². The summed E-state index contributed by atoms with van der Waals surface area (Å²) in [6.45, 7) is 1.89. The number of esters is 1. The minimum atomic E-state index is -0.578. The number of halogens is 1.